The average Bonchev–Trinajstić information content (AvgIpc) is 3.14. The average molecular weight is 453 g/mol. The summed E-state index contributed by atoms with van der Waals surface area (Å²) in [6.07, 6.45) is 3.99. The molecule has 1 aliphatic heterocycles. The quantitative estimate of drug-likeness (QED) is 0.183. The summed E-state index contributed by atoms with van der Waals surface area (Å²) < 4.78 is 6.19. The van der Waals surface area contributed by atoms with Crippen LogP contribution in [0.25, 0.3) is 21.0 Å². The Morgan fingerprint density at radius 3 is 2.77 bits per heavy atom. The van der Waals surface area contributed by atoms with Gasteiger partial charge in [0.2, 0.25) is 0 Å². The van der Waals surface area contributed by atoms with Crippen molar-refractivity contribution in [2.75, 3.05) is 6.26 Å². The fourth-order valence-electron chi connectivity index (χ4n) is 3.92. The van der Waals surface area contributed by atoms with Crippen molar-refractivity contribution >= 4 is 55.8 Å². The maximum atomic E-state index is 6.19. The molecule has 30 heavy (non-hydrogen) atoms. The van der Waals surface area contributed by atoms with Crippen LogP contribution in [-0.4, -0.2) is 21.8 Å². The number of ether oxygens (including phenoxy) is 1. The zero-order valence-corrected chi connectivity index (χ0v) is 19.8. The molecule has 0 fully saturated rings. The van der Waals surface area contributed by atoms with Crippen LogP contribution in [0.2, 0.25) is 0 Å². The summed E-state index contributed by atoms with van der Waals surface area (Å²) in [7, 11) is 0. The highest BCUT2D eigenvalue weighted by Gasteiger charge is 2.33. The molecule has 0 aliphatic carbocycles. The van der Waals surface area contributed by atoms with Gasteiger partial charge in [-0.15, -0.1) is 23.1 Å². The molecule has 5 rings (SSSR count). The lowest BCUT2D eigenvalue weighted by molar-refractivity contribution is -0.0543. The third-order valence-electron chi connectivity index (χ3n) is 5.90. The fraction of sp³-hybridized carbons (Fsp3) is 0.333. The summed E-state index contributed by atoms with van der Waals surface area (Å²) in [6.45, 7) is 5.11. The molecular formula is C24H24N2OS3. The van der Waals surface area contributed by atoms with E-state index in [2.05, 4.69) is 56.3 Å². The number of fused-ring (bicyclic) bond motifs is 4. The van der Waals surface area contributed by atoms with Crippen molar-refractivity contribution in [3.8, 4) is 0 Å². The molecule has 154 valence electrons. The van der Waals surface area contributed by atoms with Crippen LogP contribution in [0.5, 0.6) is 0 Å². The second kappa shape index (κ2) is 8.15. The van der Waals surface area contributed by atoms with Crippen molar-refractivity contribution in [3.05, 3.63) is 58.5 Å². The van der Waals surface area contributed by atoms with Gasteiger partial charge in [0, 0.05) is 22.4 Å². The van der Waals surface area contributed by atoms with E-state index in [4.69, 9.17) is 14.7 Å². The number of rotatable bonds is 5. The molecule has 6 heteroatoms. The third kappa shape index (κ3) is 3.75. The summed E-state index contributed by atoms with van der Waals surface area (Å²) >= 11 is 5.21. The van der Waals surface area contributed by atoms with E-state index in [0.29, 0.717) is 6.61 Å². The van der Waals surface area contributed by atoms with E-state index in [1.165, 1.54) is 32.2 Å². The summed E-state index contributed by atoms with van der Waals surface area (Å²) in [5.74, 6) is 0.900. The standard InChI is InChI=1S/C24H24N2OS3/c1-4-24(2)12-18-19(13-27-24)30-22-20(18)21(25-23(26-22)28-3)29-14-15-9-10-16-7-5-6-8-17(16)11-15/h5-11H,4,12-14H2,1-3H3. The maximum absolute atomic E-state index is 6.19. The van der Waals surface area contributed by atoms with Crippen molar-refractivity contribution < 1.29 is 4.74 Å². The molecule has 4 aromatic rings. The minimum Gasteiger partial charge on any atom is -0.369 e. The van der Waals surface area contributed by atoms with Crippen molar-refractivity contribution in [1.82, 2.24) is 9.97 Å². The van der Waals surface area contributed by atoms with Gasteiger partial charge in [-0.1, -0.05) is 61.2 Å². The summed E-state index contributed by atoms with van der Waals surface area (Å²) in [5, 5.41) is 5.78. The van der Waals surface area contributed by atoms with Crippen LogP contribution in [0, 0.1) is 0 Å². The molecule has 0 radical (unpaired) electrons. The van der Waals surface area contributed by atoms with Crippen molar-refractivity contribution in [3.63, 3.8) is 0 Å². The third-order valence-corrected chi connectivity index (χ3v) is 8.60. The number of benzene rings is 2. The Morgan fingerprint density at radius 2 is 1.97 bits per heavy atom. The van der Waals surface area contributed by atoms with E-state index in [9.17, 15) is 0 Å². The normalized spacial score (nSPS) is 18.8. The Hall–Kier alpha value is -1.60. The molecule has 3 heterocycles. The van der Waals surface area contributed by atoms with Crippen LogP contribution < -0.4 is 0 Å². The zero-order chi connectivity index (χ0) is 20.7. The van der Waals surface area contributed by atoms with Crippen molar-refractivity contribution in [2.24, 2.45) is 0 Å². The van der Waals surface area contributed by atoms with Crippen LogP contribution >= 0.6 is 34.9 Å². The molecule has 1 atom stereocenters. The van der Waals surface area contributed by atoms with Gasteiger partial charge in [0.15, 0.2) is 5.16 Å². The van der Waals surface area contributed by atoms with Gasteiger partial charge in [0.05, 0.1) is 12.2 Å². The Balaban J connectivity index is 1.53. The van der Waals surface area contributed by atoms with E-state index in [1.807, 2.05) is 18.0 Å². The number of nitrogens with zero attached hydrogens (tertiary/aromatic N) is 2. The van der Waals surface area contributed by atoms with Crippen molar-refractivity contribution in [2.45, 2.75) is 54.8 Å². The molecule has 3 nitrogen and oxygen atoms in total. The summed E-state index contributed by atoms with van der Waals surface area (Å²) in [4.78, 5) is 12.2. The molecule has 2 aromatic carbocycles. The number of aromatic nitrogens is 2. The Morgan fingerprint density at radius 1 is 1.13 bits per heavy atom. The minimum absolute atomic E-state index is 0.0978. The first-order chi connectivity index (χ1) is 14.6. The van der Waals surface area contributed by atoms with Gasteiger partial charge < -0.3 is 4.74 Å². The lowest BCUT2D eigenvalue weighted by Gasteiger charge is -2.33. The van der Waals surface area contributed by atoms with Gasteiger partial charge in [0.1, 0.15) is 9.86 Å². The molecule has 0 spiro atoms. The topological polar surface area (TPSA) is 35.0 Å². The monoisotopic (exact) mass is 452 g/mol. The second-order valence-electron chi connectivity index (χ2n) is 7.94. The van der Waals surface area contributed by atoms with Crippen LogP contribution in [-0.2, 0) is 23.5 Å². The zero-order valence-electron chi connectivity index (χ0n) is 17.4. The molecular weight excluding hydrogens is 428 g/mol. The molecule has 0 saturated carbocycles. The fourth-order valence-corrected chi connectivity index (χ4v) is 6.57. The molecule has 1 unspecified atom stereocenters. The largest absolute Gasteiger partial charge is 0.369 e. The van der Waals surface area contributed by atoms with E-state index in [1.54, 1.807) is 23.1 Å². The second-order valence-corrected chi connectivity index (χ2v) is 10.8. The van der Waals surface area contributed by atoms with Gasteiger partial charge in [-0.3, -0.25) is 0 Å². The van der Waals surface area contributed by atoms with Crippen LogP contribution in [0.4, 0.5) is 0 Å². The van der Waals surface area contributed by atoms with E-state index >= 15 is 0 Å². The predicted octanol–water partition coefficient (Wildman–Crippen LogP) is 7.10. The minimum atomic E-state index is -0.0978. The van der Waals surface area contributed by atoms with Crippen molar-refractivity contribution in [1.29, 1.82) is 0 Å². The Bertz CT molecular complexity index is 1240. The van der Waals surface area contributed by atoms with E-state index in [-0.39, 0.29) is 5.60 Å². The molecule has 1 aliphatic rings. The molecule has 2 aromatic heterocycles. The SMILES string of the molecule is CCC1(C)Cc2c(sc3nc(SC)nc(SCc4ccc5ccccc5c4)c23)CO1. The molecule has 0 bridgehead atoms. The lowest BCUT2D eigenvalue weighted by Crippen LogP contribution is -2.33. The highest BCUT2D eigenvalue weighted by molar-refractivity contribution is 7.99. The van der Waals surface area contributed by atoms with Gasteiger partial charge in [-0.05, 0) is 41.5 Å². The smallest absolute Gasteiger partial charge is 0.189 e. The molecule has 0 saturated heterocycles. The van der Waals surface area contributed by atoms with Crippen LogP contribution in [0.1, 0.15) is 36.3 Å². The molecule has 0 N–H and O–H groups in total. The predicted molar refractivity (Wildman–Crippen MR) is 130 cm³/mol. The van der Waals surface area contributed by atoms with Gasteiger partial charge in [0.25, 0.3) is 0 Å². The lowest BCUT2D eigenvalue weighted by atomic mass is 9.90. The number of hydrogen-bond acceptors (Lipinski definition) is 6. The number of thiophene rings is 1. The number of hydrogen-bond donors (Lipinski definition) is 0. The first-order valence-corrected chi connectivity index (χ1v) is 13.2. The van der Waals surface area contributed by atoms with Crippen LogP contribution in [0.15, 0.2) is 52.6 Å². The highest BCUT2D eigenvalue weighted by atomic mass is 32.2. The first-order valence-electron chi connectivity index (χ1n) is 10.2. The Labute approximate surface area is 189 Å². The van der Waals surface area contributed by atoms with E-state index < -0.39 is 0 Å². The van der Waals surface area contributed by atoms with Gasteiger partial charge in [-0.25, -0.2) is 9.97 Å². The van der Waals surface area contributed by atoms with Gasteiger partial charge >= 0.3 is 0 Å². The van der Waals surface area contributed by atoms with Gasteiger partial charge in [-0.2, -0.15) is 0 Å². The van der Waals surface area contributed by atoms with Crippen LogP contribution in [0.3, 0.4) is 0 Å². The number of thioether (sulfide) groups is 2. The van der Waals surface area contributed by atoms with E-state index in [0.717, 1.165) is 33.6 Å². The summed E-state index contributed by atoms with van der Waals surface area (Å²) in [6, 6.07) is 15.3. The first kappa shape index (κ1) is 20.3. The highest BCUT2D eigenvalue weighted by Crippen LogP contribution is 2.43. The maximum Gasteiger partial charge on any atom is 0.189 e. The summed E-state index contributed by atoms with van der Waals surface area (Å²) in [5.41, 5.74) is 2.63. The molecule has 0 amide bonds. The Kier molecular flexibility index (Phi) is 5.52.